The third-order valence-corrected chi connectivity index (χ3v) is 7.87. The van der Waals surface area contributed by atoms with Crippen molar-refractivity contribution >= 4 is 70.3 Å². The van der Waals surface area contributed by atoms with Crippen LogP contribution in [0.25, 0.3) is 65.9 Å². The predicted octanol–water partition coefficient (Wildman–Crippen LogP) is 9.19. The lowest BCUT2D eigenvalue weighted by molar-refractivity contribution is 1.08. The van der Waals surface area contributed by atoms with E-state index in [4.69, 9.17) is 4.98 Å². The van der Waals surface area contributed by atoms with Gasteiger partial charge in [-0.3, -0.25) is 4.57 Å². The number of para-hydroxylation sites is 2. The number of nitrogens with zero attached hydrogens (tertiary/aromatic N) is 3. The van der Waals surface area contributed by atoms with Crippen molar-refractivity contribution < 1.29 is 0 Å². The predicted molar refractivity (Wildman–Crippen MR) is 158 cm³/mol. The number of benzene rings is 5. The molecular weight excluding hydrogens is 518 g/mol. The summed E-state index contributed by atoms with van der Waals surface area (Å²) >= 11 is 3.54. The molecule has 0 aliphatic carbocycles. The van der Waals surface area contributed by atoms with Gasteiger partial charge in [0.05, 0.1) is 22.1 Å². The average Bonchev–Trinajstić information content (AvgIpc) is 3.44. The van der Waals surface area contributed by atoms with Crippen molar-refractivity contribution in [1.82, 2.24) is 14.1 Å². The van der Waals surface area contributed by atoms with Crippen LogP contribution in [0.15, 0.2) is 126 Å². The molecule has 8 aromatic rings. The van der Waals surface area contributed by atoms with Crippen molar-refractivity contribution in [3.63, 3.8) is 0 Å². The summed E-state index contributed by atoms with van der Waals surface area (Å²) in [4.78, 5) is 4.77. The van der Waals surface area contributed by atoms with Gasteiger partial charge in [-0.05, 0) is 75.2 Å². The molecule has 0 bridgehead atoms. The molecule has 0 saturated heterocycles. The highest BCUT2D eigenvalue weighted by Crippen LogP contribution is 2.39. The summed E-state index contributed by atoms with van der Waals surface area (Å²) in [5.74, 6) is 0.905. The van der Waals surface area contributed by atoms with Gasteiger partial charge in [0.2, 0.25) is 0 Å². The van der Waals surface area contributed by atoms with E-state index in [1.165, 1.54) is 43.4 Å². The van der Waals surface area contributed by atoms with E-state index in [1.807, 2.05) is 12.3 Å². The van der Waals surface area contributed by atoms with Crippen LogP contribution in [0.1, 0.15) is 0 Å². The zero-order chi connectivity index (χ0) is 24.5. The van der Waals surface area contributed by atoms with Crippen molar-refractivity contribution in [3.05, 3.63) is 126 Å². The molecule has 0 N–H and O–H groups in total. The number of fused-ring (bicyclic) bond motifs is 7. The quantitative estimate of drug-likeness (QED) is 0.215. The molecule has 0 amide bonds. The molecule has 3 nitrogen and oxygen atoms in total. The van der Waals surface area contributed by atoms with E-state index < -0.39 is 0 Å². The third kappa shape index (κ3) is 3.03. The Kier molecular flexibility index (Phi) is 4.37. The minimum absolute atomic E-state index is 0.905. The number of hydrogen-bond donors (Lipinski definition) is 0. The second-order valence-electron chi connectivity index (χ2n) is 9.46. The van der Waals surface area contributed by atoms with Gasteiger partial charge in [0.1, 0.15) is 5.82 Å². The maximum atomic E-state index is 4.77. The number of pyridine rings is 1. The second-order valence-corrected chi connectivity index (χ2v) is 10.4. The Bertz CT molecular complexity index is 2150. The van der Waals surface area contributed by atoms with Gasteiger partial charge in [0.25, 0.3) is 0 Å². The first kappa shape index (κ1) is 20.7. The Hall–Kier alpha value is -4.41. The lowest BCUT2D eigenvalue weighted by atomic mass is 10.1. The molecule has 0 atom stereocenters. The van der Waals surface area contributed by atoms with Gasteiger partial charge < -0.3 is 4.57 Å². The van der Waals surface area contributed by atoms with Gasteiger partial charge in [-0.25, -0.2) is 4.98 Å². The molecule has 37 heavy (non-hydrogen) atoms. The monoisotopic (exact) mass is 537 g/mol. The second kappa shape index (κ2) is 7.79. The van der Waals surface area contributed by atoms with Crippen molar-refractivity contribution in [3.8, 4) is 11.5 Å². The van der Waals surface area contributed by atoms with Gasteiger partial charge in [-0.2, -0.15) is 0 Å². The van der Waals surface area contributed by atoms with E-state index >= 15 is 0 Å². The first-order valence-corrected chi connectivity index (χ1v) is 13.1. The Labute approximate surface area is 221 Å². The van der Waals surface area contributed by atoms with Gasteiger partial charge in [0.15, 0.2) is 0 Å². The van der Waals surface area contributed by atoms with Crippen LogP contribution in [0.3, 0.4) is 0 Å². The highest BCUT2D eigenvalue weighted by molar-refractivity contribution is 9.10. The molecule has 0 saturated carbocycles. The average molecular weight is 538 g/mol. The molecule has 3 heterocycles. The summed E-state index contributed by atoms with van der Waals surface area (Å²) in [6, 6.07) is 41.4. The van der Waals surface area contributed by atoms with E-state index in [1.54, 1.807) is 0 Å². The zero-order valence-corrected chi connectivity index (χ0v) is 21.4. The smallest absolute Gasteiger partial charge is 0.137 e. The highest BCUT2D eigenvalue weighted by Gasteiger charge is 2.18. The third-order valence-electron chi connectivity index (χ3n) is 7.40. The van der Waals surface area contributed by atoms with E-state index in [-0.39, 0.29) is 0 Å². The maximum Gasteiger partial charge on any atom is 0.137 e. The molecule has 3 aromatic heterocycles. The fourth-order valence-corrected chi connectivity index (χ4v) is 6.01. The number of aromatic nitrogens is 3. The normalized spacial score (nSPS) is 11.9. The van der Waals surface area contributed by atoms with Crippen LogP contribution in [-0.2, 0) is 0 Å². The Balaban J connectivity index is 1.54. The molecule has 8 rings (SSSR count). The summed E-state index contributed by atoms with van der Waals surface area (Å²) in [5.41, 5.74) is 5.85. The van der Waals surface area contributed by atoms with Crippen LogP contribution in [-0.4, -0.2) is 14.1 Å². The molecule has 0 aliphatic rings. The molecule has 0 spiro atoms. The number of rotatable bonds is 2. The Morgan fingerprint density at radius 1 is 0.486 bits per heavy atom. The number of halogens is 1. The Morgan fingerprint density at radius 2 is 1.14 bits per heavy atom. The Morgan fingerprint density at radius 3 is 1.86 bits per heavy atom. The molecule has 5 aromatic carbocycles. The van der Waals surface area contributed by atoms with Crippen LogP contribution in [0.2, 0.25) is 0 Å². The topological polar surface area (TPSA) is 22.8 Å². The molecule has 4 heteroatoms. The van der Waals surface area contributed by atoms with Crippen LogP contribution in [0.4, 0.5) is 0 Å². The first-order chi connectivity index (χ1) is 18.3. The highest BCUT2D eigenvalue weighted by atomic mass is 79.9. The van der Waals surface area contributed by atoms with Gasteiger partial charge in [0, 0.05) is 37.9 Å². The van der Waals surface area contributed by atoms with Crippen LogP contribution >= 0.6 is 15.9 Å². The number of hydrogen-bond acceptors (Lipinski definition) is 1. The van der Waals surface area contributed by atoms with Crippen molar-refractivity contribution in [1.29, 1.82) is 0 Å². The zero-order valence-electron chi connectivity index (χ0n) is 19.8. The van der Waals surface area contributed by atoms with E-state index in [0.29, 0.717) is 0 Å². The van der Waals surface area contributed by atoms with Gasteiger partial charge in [-0.15, -0.1) is 0 Å². The van der Waals surface area contributed by atoms with E-state index in [2.05, 4.69) is 134 Å². The van der Waals surface area contributed by atoms with Gasteiger partial charge in [-0.1, -0.05) is 66.7 Å². The van der Waals surface area contributed by atoms with Crippen molar-refractivity contribution in [2.75, 3.05) is 0 Å². The standard InChI is InChI=1S/C33H20BrN3/c34-23-14-16-33(35-20-23)37-30-12-6-4-10-26(30)28-18-27-25-9-3-5-11-29(25)36(31(27)19-32(28)37)24-15-13-21-7-1-2-8-22(21)17-24/h1-20H. The summed E-state index contributed by atoms with van der Waals surface area (Å²) in [7, 11) is 0. The summed E-state index contributed by atoms with van der Waals surface area (Å²) in [6.45, 7) is 0. The molecule has 0 unspecified atom stereocenters. The largest absolute Gasteiger partial charge is 0.309 e. The fourth-order valence-electron chi connectivity index (χ4n) is 5.77. The first-order valence-electron chi connectivity index (χ1n) is 12.3. The van der Waals surface area contributed by atoms with E-state index in [0.717, 1.165) is 27.0 Å². The van der Waals surface area contributed by atoms with Gasteiger partial charge >= 0.3 is 0 Å². The summed E-state index contributed by atoms with van der Waals surface area (Å²) < 4.78 is 5.64. The fraction of sp³-hybridized carbons (Fsp3) is 0. The minimum atomic E-state index is 0.905. The summed E-state index contributed by atoms with van der Waals surface area (Å²) in [5, 5.41) is 7.45. The molecular formula is C33H20BrN3. The van der Waals surface area contributed by atoms with Crippen LogP contribution in [0, 0.1) is 0 Å². The minimum Gasteiger partial charge on any atom is -0.309 e. The molecule has 0 aliphatic heterocycles. The van der Waals surface area contributed by atoms with Crippen molar-refractivity contribution in [2.45, 2.75) is 0 Å². The lowest BCUT2D eigenvalue weighted by Gasteiger charge is -2.10. The SMILES string of the molecule is Brc1ccc(-n2c3ccccc3c3cc4c5ccccc5n(-c5ccc6ccccc6c5)c4cc32)nc1. The van der Waals surface area contributed by atoms with Crippen LogP contribution < -0.4 is 0 Å². The van der Waals surface area contributed by atoms with E-state index in [9.17, 15) is 0 Å². The molecule has 0 radical (unpaired) electrons. The van der Waals surface area contributed by atoms with Crippen molar-refractivity contribution in [2.24, 2.45) is 0 Å². The summed E-state index contributed by atoms with van der Waals surface area (Å²) in [6.07, 6.45) is 1.86. The molecule has 174 valence electrons. The maximum absolute atomic E-state index is 4.77. The van der Waals surface area contributed by atoms with Crippen LogP contribution in [0.5, 0.6) is 0 Å². The lowest BCUT2D eigenvalue weighted by Crippen LogP contribution is -1.97. The molecule has 0 fully saturated rings.